The maximum absolute atomic E-state index is 10.6. The topological polar surface area (TPSA) is 29.5 Å². The molecule has 0 rings (SSSR count). The lowest BCUT2D eigenvalue weighted by Gasteiger charge is -2.21. The summed E-state index contributed by atoms with van der Waals surface area (Å²) in [6.45, 7) is 14.6. The van der Waals surface area contributed by atoms with Crippen molar-refractivity contribution in [3.63, 3.8) is 0 Å². The van der Waals surface area contributed by atoms with Crippen LogP contribution >= 0.6 is 0 Å². The molecule has 22 heavy (non-hydrogen) atoms. The van der Waals surface area contributed by atoms with E-state index in [9.17, 15) is 4.79 Å². The van der Waals surface area contributed by atoms with Gasteiger partial charge in [-0.05, 0) is 45.3 Å². The summed E-state index contributed by atoms with van der Waals surface area (Å²) in [6.07, 6.45) is 11.2. The first-order valence-electron chi connectivity index (χ1n) is 9.47. The van der Waals surface area contributed by atoms with Crippen molar-refractivity contribution in [1.82, 2.24) is 4.90 Å². The summed E-state index contributed by atoms with van der Waals surface area (Å²) in [7, 11) is 0. The number of unbranched alkanes of at least 4 members (excludes halogenated alkanes) is 5. The molecular weight excluding hydrogens is 274 g/mol. The molecule has 134 valence electrons. The average molecular weight is 316 g/mol. The molecule has 0 aromatic carbocycles. The Morgan fingerprint density at radius 3 is 1.82 bits per heavy atom. The Bertz CT molecular complexity index is 217. The molecule has 0 saturated heterocycles. The van der Waals surface area contributed by atoms with Gasteiger partial charge in [0.15, 0.2) is 0 Å². The van der Waals surface area contributed by atoms with Gasteiger partial charge in [-0.25, -0.2) is 0 Å². The molecule has 0 aromatic heterocycles. The maximum Gasteiger partial charge on any atom is 0.302 e. The number of carbonyl (C=O) groups is 1. The molecule has 0 aliphatic heterocycles. The van der Waals surface area contributed by atoms with Crippen molar-refractivity contribution < 1.29 is 9.53 Å². The summed E-state index contributed by atoms with van der Waals surface area (Å²) in [5.41, 5.74) is 0. The van der Waals surface area contributed by atoms with E-state index in [1.54, 1.807) is 0 Å². The number of ether oxygens (including phenoxy) is 1. The lowest BCUT2D eigenvalue weighted by atomic mass is 10.2. The van der Waals surface area contributed by atoms with E-state index in [0.717, 1.165) is 6.42 Å². The van der Waals surface area contributed by atoms with Crippen molar-refractivity contribution in [3.8, 4) is 0 Å². The van der Waals surface area contributed by atoms with Crippen molar-refractivity contribution in [2.45, 2.75) is 92.4 Å². The first kappa shape index (κ1) is 23.7. The third kappa shape index (κ3) is 21.7. The molecule has 3 heteroatoms. The molecule has 0 aliphatic rings. The largest absolute Gasteiger partial charge is 0.466 e. The van der Waals surface area contributed by atoms with Gasteiger partial charge in [0, 0.05) is 6.92 Å². The van der Waals surface area contributed by atoms with Crippen LogP contribution in [0.1, 0.15) is 92.4 Å². The Morgan fingerprint density at radius 1 is 0.727 bits per heavy atom. The van der Waals surface area contributed by atoms with E-state index < -0.39 is 0 Å². The van der Waals surface area contributed by atoms with Crippen molar-refractivity contribution >= 4 is 5.97 Å². The van der Waals surface area contributed by atoms with E-state index >= 15 is 0 Å². The molecule has 0 amide bonds. The second-order valence-corrected chi connectivity index (χ2v) is 5.95. The smallest absolute Gasteiger partial charge is 0.302 e. The van der Waals surface area contributed by atoms with E-state index in [2.05, 4.69) is 32.6 Å². The van der Waals surface area contributed by atoms with Crippen molar-refractivity contribution in [3.05, 3.63) is 0 Å². The predicted molar refractivity (Wildman–Crippen MR) is 97.3 cm³/mol. The Morgan fingerprint density at radius 2 is 1.32 bits per heavy atom. The fourth-order valence-electron chi connectivity index (χ4n) is 2.04. The van der Waals surface area contributed by atoms with Gasteiger partial charge < -0.3 is 9.64 Å². The Hall–Kier alpha value is -0.570. The van der Waals surface area contributed by atoms with E-state index in [1.807, 2.05) is 0 Å². The highest BCUT2D eigenvalue weighted by molar-refractivity contribution is 5.65. The van der Waals surface area contributed by atoms with Crippen LogP contribution in [0.4, 0.5) is 0 Å². The first-order valence-corrected chi connectivity index (χ1v) is 9.47. The van der Waals surface area contributed by atoms with E-state index in [0.29, 0.717) is 6.61 Å². The lowest BCUT2D eigenvalue weighted by Crippen LogP contribution is -2.26. The monoisotopic (exact) mass is 315 g/mol. The summed E-state index contributed by atoms with van der Waals surface area (Å²) in [6, 6.07) is 0. The van der Waals surface area contributed by atoms with Gasteiger partial charge in [-0.1, -0.05) is 59.8 Å². The first-order chi connectivity index (χ1) is 10.6. The van der Waals surface area contributed by atoms with Crippen LogP contribution in [0.25, 0.3) is 0 Å². The predicted octanol–water partition coefficient (Wildman–Crippen LogP) is 5.43. The van der Waals surface area contributed by atoms with E-state index in [1.165, 1.54) is 77.9 Å². The van der Waals surface area contributed by atoms with Gasteiger partial charge in [0.25, 0.3) is 0 Å². The van der Waals surface area contributed by atoms with Crippen LogP contribution in [-0.4, -0.2) is 37.1 Å². The fourth-order valence-corrected chi connectivity index (χ4v) is 2.04. The number of hydrogen-bond acceptors (Lipinski definition) is 3. The number of hydrogen-bond donors (Lipinski definition) is 0. The molecule has 0 heterocycles. The van der Waals surface area contributed by atoms with Crippen LogP contribution in [0.3, 0.4) is 0 Å². The van der Waals surface area contributed by atoms with Gasteiger partial charge in [0.05, 0.1) is 6.61 Å². The SMILES string of the molecule is CCCC.CCCCN(CCC)CCCCCCOC(C)=O. The van der Waals surface area contributed by atoms with Crippen molar-refractivity contribution in [1.29, 1.82) is 0 Å². The van der Waals surface area contributed by atoms with Crippen molar-refractivity contribution in [2.75, 3.05) is 26.2 Å². The summed E-state index contributed by atoms with van der Waals surface area (Å²) >= 11 is 0. The van der Waals surface area contributed by atoms with E-state index in [4.69, 9.17) is 4.74 Å². The minimum atomic E-state index is -0.163. The van der Waals surface area contributed by atoms with Crippen LogP contribution in [-0.2, 0) is 9.53 Å². The zero-order valence-electron chi connectivity index (χ0n) is 16.0. The Kier molecular flexibility index (Phi) is 22.0. The molecule has 0 atom stereocenters. The van der Waals surface area contributed by atoms with Crippen LogP contribution in [0.15, 0.2) is 0 Å². The van der Waals surface area contributed by atoms with Crippen molar-refractivity contribution in [2.24, 2.45) is 0 Å². The average Bonchev–Trinajstić information content (AvgIpc) is 2.51. The maximum atomic E-state index is 10.6. The molecule has 0 fully saturated rings. The third-order valence-electron chi connectivity index (χ3n) is 3.54. The zero-order chi connectivity index (χ0) is 17.1. The zero-order valence-corrected chi connectivity index (χ0v) is 16.0. The summed E-state index contributed by atoms with van der Waals surface area (Å²) < 4.78 is 4.91. The van der Waals surface area contributed by atoms with E-state index in [-0.39, 0.29) is 5.97 Å². The second kappa shape index (κ2) is 20.4. The third-order valence-corrected chi connectivity index (χ3v) is 3.54. The molecule has 0 radical (unpaired) electrons. The Balaban J connectivity index is 0. The molecule has 0 unspecified atom stereocenters. The molecule has 0 aliphatic carbocycles. The molecular formula is C19H41NO2. The quantitative estimate of drug-likeness (QED) is 0.335. The number of esters is 1. The summed E-state index contributed by atoms with van der Waals surface area (Å²) in [5.74, 6) is -0.163. The number of carbonyl (C=O) groups excluding carboxylic acids is 1. The van der Waals surface area contributed by atoms with Crippen LogP contribution in [0.5, 0.6) is 0 Å². The van der Waals surface area contributed by atoms with Gasteiger partial charge in [-0.15, -0.1) is 0 Å². The summed E-state index contributed by atoms with van der Waals surface area (Å²) in [4.78, 5) is 13.1. The number of rotatable bonds is 13. The van der Waals surface area contributed by atoms with Gasteiger partial charge in [-0.3, -0.25) is 4.79 Å². The standard InChI is InChI=1S/C15H31NO2.C4H10/c1-4-6-12-16(11-5-2)13-9-7-8-10-14-18-15(3)17;1-3-4-2/h4-14H2,1-3H3;3-4H2,1-2H3. The highest BCUT2D eigenvalue weighted by atomic mass is 16.5. The van der Waals surface area contributed by atoms with Gasteiger partial charge in [-0.2, -0.15) is 0 Å². The number of nitrogens with zero attached hydrogens (tertiary/aromatic N) is 1. The molecule has 0 spiro atoms. The molecule has 0 N–H and O–H groups in total. The molecule has 3 nitrogen and oxygen atoms in total. The summed E-state index contributed by atoms with van der Waals surface area (Å²) in [5, 5.41) is 0. The molecule has 0 aromatic rings. The highest BCUT2D eigenvalue weighted by Gasteiger charge is 2.02. The van der Waals surface area contributed by atoms with Crippen LogP contribution in [0, 0.1) is 0 Å². The van der Waals surface area contributed by atoms with Gasteiger partial charge >= 0.3 is 5.97 Å². The van der Waals surface area contributed by atoms with Gasteiger partial charge in [0.2, 0.25) is 0 Å². The molecule has 0 bridgehead atoms. The lowest BCUT2D eigenvalue weighted by molar-refractivity contribution is -0.141. The van der Waals surface area contributed by atoms with Crippen LogP contribution in [0.2, 0.25) is 0 Å². The fraction of sp³-hybridized carbons (Fsp3) is 0.947. The van der Waals surface area contributed by atoms with Gasteiger partial charge in [0.1, 0.15) is 0 Å². The normalized spacial score (nSPS) is 10.3. The van der Waals surface area contributed by atoms with Crippen LogP contribution < -0.4 is 0 Å². The highest BCUT2D eigenvalue weighted by Crippen LogP contribution is 2.04. The minimum absolute atomic E-state index is 0.163. The second-order valence-electron chi connectivity index (χ2n) is 5.95. The minimum Gasteiger partial charge on any atom is -0.466 e. The Labute approximate surface area is 139 Å². The molecule has 0 saturated carbocycles.